The predicted molar refractivity (Wildman–Crippen MR) is 188 cm³/mol. The van der Waals surface area contributed by atoms with Crippen LogP contribution in [0.4, 0.5) is 0 Å². The van der Waals surface area contributed by atoms with E-state index in [2.05, 4.69) is 35.2 Å². The molecule has 0 unspecified atom stereocenters. The first-order valence-corrected chi connectivity index (χ1v) is 17.0. The standard InChI is InChI=1S/C12H25N3O5.C10H22N2O.C9H19N3O2.N2.H2/c1-11(16)2-4-18-6-8-20-9-7-19-5-3-14-12(17)10-15-13;1-2-3-4-5-6-7-8-12-10(13)9-11;1-2-3-4-5-6-8(13)11-7-9(14)12-10;1-2;/h15H,2-10,13H2,1H3,(H,14,17);2-9,11H2,1H3,(H,12,13);2-7,10H2,1H3,(H,11,13)(H,12,14);;1H. The Bertz CT molecular complexity index is 815. The number of nitrogens with two attached hydrogens (primary N) is 3. The third kappa shape index (κ3) is 54.4. The maximum Gasteiger partial charge on any atom is 0.253 e. The molecule has 0 aromatic carbocycles. The fourth-order valence-electron chi connectivity index (χ4n) is 3.41. The van der Waals surface area contributed by atoms with Crippen LogP contribution in [0.1, 0.15) is 99.2 Å². The van der Waals surface area contributed by atoms with Crippen molar-refractivity contribution in [3.63, 3.8) is 0 Å². The lowest BCUT2D eigenvalue weighted by Gasteiger charge is -2.07. The smallest absolute Gasteiger partial charge is 0.253 e. The molecule has 0 aromatic heterocycles. The Hall–Kier alpha value is -3.31. The van der Waals surface area contributed by atoms with Gasteiger partial charge in [0, 0.05) is 38.1 Å². The highest BCUT2D eigenvalue weighted by Gasteiger charge is 2.03. The number of carbonyl (C=O) groups is 5. The summed E-state index contributed by atoms with van der Waals surface area (Å²) in [7, 11) is 0. The topological polar surface area (TPSA) is 299 Å². The predicted octanol–water partition coefficient (Wildman–Crippen LogP) is 0.356. The Morgan fingerprint density at radius 2 is 1.08 bits per heavy atom. The molecule has 0 radical (unpaired) electrons. The molecule has 0 bridgehead atoms. The molecule has 0 atom stereocenters. The summed E-state index contributed by atoms with van der Waals surface area (Å²) in [6.45, 7) is 9.96. The van der Waals surface area contributed by atoms with Crippen molar-refractivity contribution >= 4 is 29.4 Å². The van der Waals surface area contributed by atoms with Crippen LogP contribution in [0.15, 0.2) is 0 Å². The zero-order chi connectivity index (χ0) is 37.8. The fourth-order valence-corrected chi connectivity index (χ4v) is 3.41. The first kappa shape index (κ1) is 52.5. The molecule has 0 aromatic rings. The molecule has 0 aliphatic rings. The minimum absolute atomic E-state index is 0. The number of ketones is 1. The van der Waals surface area contributed by atoms with Crippen molar-refractivity contribution in [3.8, 4) is 0 Å². The van der Waals surface area contributed by atoms with Crippen molar-refractivity contribution in [2.45, 2.75) is 97.8 Å². The van der Waals surface area contributed by atoms with Gasteiger partial charge in [-0.1, -0.05) is 65.2 Å². The van der Waals surface area contributed by atoms with Gasteiger partial charge in [0.25, 0.3) is 5.91 Å². The second-order valence-corrected chi connectivity index (χ2v) is 10.5. The van der Waals surface area contributed by atoms with E-state index in [9.17, 15) is 24.0 Å². The van der Waals surface area contributed by atoms with Crippen LogP contribution in [0, 0.1) is 10.8 Å². The molecule has 49 heavy (non-hydrogen) atoms. The summed E-state index contributed by atoms with van der Waals surface area (Å²) < 4.78 is 15.7. The first-order valence-electron chi connectivity index (χ1n) is 17.0. The number of hydrogen-bond acceptors (Lipinski definition) is 14. The van der Waals surface area contributed by atoms with Gasteiger partial charge in [0.05, 0.1) is 59.3 Å². The second-order valence-electron chi connectivity index (χ2n) is 10.5. The summed E-state index contributed by atoms with van der Waals surface area (Å²) >= 11 is 0. The number of nitrogens with zero attached hydrogens (tertiary/aromatic N) is 2. The van der Waals surface area contributed by atoms with Gasteiger partial charge in [-0.3, -0.25) is 40.7 Å². The Morgan fingerprint density at radius 3 is 1.61 bits per heavy atom. The van der Waals surface area contributed by atoms with Crippen LogP contribution in [0.2, 0.25) is 0 Å². The number of hydrazine groups is 2. The fraction of sp³-hybridized carbons (Fsp3) is 0.839. The van der Waals surface area contributed by atoms with Gasteiger partial charge in [-0.25, -0.2) is 5.84 Å². The molecule has 0 saturated carbocycles. The van der Waals surface area contributed by atoms with E-state index in [-0.39, 0.29) is 50.5 Å². The highest BCUT2D eigenvalue weighted by Crippen LogP contribution is 2.04. The number of amides is 4. The summed E-state index contributed by atoms with van der Waals surface area (Å²) in [6, 6.07) is 0. The van der Waals surface area contributed by atoms with Crippen LogP contribution in [0.25, 0.3) is 0 Å². The monoisotopic (exact) mass is 709 g/mol. The number of carbonyl (C=O) groups excluding carboxylic acids is 5. The van der Waals surface area contributed by atoms with E-state index in [4.69, 9.17) is 42.4 Å². The molecule has 0 spiro atoms. The van der Waals surface area contributed by atoms with Gasteiger partial charge in [-0.2, -0.15) is 0 Å². The number of rotatable bonds is 29. The van der Waals surface area contributed by atoms with E-state index in [1.165, 1.54) is 39.0 Å². The van der Waals surface area contributed by atoms with Crippen molar-refractivity contribution in [2.75, 3.05) is 72.4 Å². The van der Waals surface area contributed by atoms with E-state index in [1.54, 1.807) is 0 Å². The highest BCUT2D eigenvalue weighted by atomic mass is 16.5. The van der Waals surface area contributed by atoms with Crippen LogP contribution < -0.4 is 44.2 Å². The maximum atomic E-state index is 11.1. The average Bonchev–Trinajstić information content (AvgIpc) is 3.10. The lowest BCUT2D eigenvalue weighted by Crippen LogP contribution is -2.40. The Labute approximate surface area is 294 Å². The normalized spacial score (nSPS) is 9.71. The van der Waals surface area contributed by atoms with E-state index >= 15 is 0 Å². The summed E-state index contributed by atoms with van der Waals surface area (Å²) in [6.07, 6.45) is 12.7. The summed E-state index contributed by atoms with van der Waals surface area (Å²) in [5.41, 5.74) is 9.34. The van der Waals surface area contributed by atoms with Gasteiger partial charge in [0.15, 0.2) is 0 Å². The highest BCUT2D eigenvalue weighted by molar-refractivity contribution is 5.84. The molecular weight excluding hydrogens is 640 g/mol. The molecule has 0 saturated heterocycles. The Morgan fingerprint density at radius 1 is 0.571 bits per heavy atom. The van der Waals surface area contributed by atoms with Crippen molar-refractivity contribution < 1.29 is 39.6 Å². The SMILES string of the molecule is CC(=O)CCOCCOCCOCCNC(=O)CNN.CCCCCCC(=O)NCC(=O)NN.CCCCCCCCNC(=O)CN.N#N.[HH]. The quantitative estimate of drug-likeness (QED) is 0.0171. The van der Waals surface area contributed by atoms with Crippen LogP contribution >= 0.6 is 0 Å². The molecule has 18 nitrogen and oxygen atoms in total. The van der Waals surface area contributed by atoms with Gasteiger partial charge in [-0.05, 0) is 19.8 Å². The second kappa shape index (κ2) is 46.8. The lowest BCUT2D eigenvalue weighted by atomic mass is 10.1. The van der Waals surface area contributed by atoms with Crippen LogP contribution in [-0.2, 0) is 38.2 Å². The van der Waals surface area contributed by atoms with E-state index in [0.29, 0.717) is 59.0 Å². The summed E-state index contributed by atoms with van der Waals surface area (Å²) in [4.78, 5) is 54.0. The number of nitrogens with one attached hydrogen (secondary N) is 5. The number of Topliss-reactive ketones (excluding diaryl/α,β-unsaturated/α-hetero) is 1. The zero-order valence-corrected chi connectivity index (χ0v) is 30.2. The van der Waals surface area contributed by atoms with Gasteiger partial charge in [-0.15, -0.1) is 0 Å². The number of unbranched alkanes of at least 4 members (excludes halogenated alkanes) is 8. The van der Waals surface area contributed by atoms with Crippen LogP contribution in [0.5, 0.6) is 0 Å². The van der Waals surface area contributed by atoms with Gasteiger partial charge in [0.1, 0.15) is 5.78 Å². The van der Waals surface area contributed by atoms with Gasteiger partial charge >= 0.3 is 0 Å². The van der Waals surface area contributed by atoms with E-state index < -0.39 is 0 Å². The lowest BCUT2D eigenvalue weighted by molar-refractivity contribution is -0.126. The number of hydrogen-bond donors (Lipinski definition) is 8. The first-order chi connectivity index (χ1) is 23.7. The van der Waals surface area contributed by atoms with Gasteiger partial charge < -0.3 is 35.9 Å². The Balaban J connectivity index is -0.000000201. The largest absolute Gasteiger partial charge is 0.379 e. The minimum atomic E-state index is -0.382. The maximum absolute atomic E-state index is 11.1. The molecule has 0 fully saturated rings. The zero-order valence-electron chi connectivity index (χ0n) is 30.2. The number of ether oxygens (including phenoxy) is 3. The molecular formula is C31H68N10O8. The van der Waals surface area contributed by atoms with Crippen LogP contribution in [0.3, 0.4) is 0 Å². The molecule has 0 aliphatic heterocycles. The third-order valence-corrected chi connectivity index (χ3v) is 6.08. The molecule has 18 heteroatoms. The molecule has 290 valence electrons. The van der Waals surface area contributed by atoms with Crippen molar-refractivity contribution in [3.05, 3.63) is 0 Å². The average molecular weight is 709 g/mol. The Kier molecular flexibility index (Phi) is 50.2. The molecule has 0 aliphatic carbocycles. The molecule has 0 rings (SSSR count). The van der Waals surface area contributed by atoms with Crippen LogP contribution in [-0.4, -0.2) is 102 Å². The molecule has 4 amide bonds. The van der Waals surface area contributed by atoms with E-state index in [1.807, 2.05) is 5.43 Å². The third-order valence-electron chi connectivity index (χ3n) is 6.08. The van der Waals surface area contributed by atoms with Crippen molar-refractivity contribution in [1.29, 1.82) is 10.8 Å². The molecule has 0 heterocycles. The van der Waals surface area contributed by atoms with E-state index in [0.717, 1.165) is 38.6 Å². The van der Waals surface area contributed by atoms with Gasteiger partial charge in [0.2, 0.25) is 17.7 Å². The van der Waals surface area contributed by atoms with Crippen molar-refractivity contribution in [1.82, 2.24) is 26.8 Å². The van der Waals surface area contributed by atoms with Crippen molar-refractivity contribution in [2.24, 2.45) is 17.4 Å². The minimum Gasteiger partial charge on any atom is -0.379 e. The summed E-state index contributed by atoms with van der Waals surface area (Å²) in [5.74, 6) is 9.26. The molecule has 11 N–H and O–H groups in total. The summed E-state index contributed by atoms with van der Waals surface area (Å²) in [5, 5.41) is 19.9.